The van der Waals surface area contributed by atoms with Gasteiger partial charge in [0, 0.05) is 37.3 Å². The molecule has 20 heavy (non-hydrogen) atoms. The fourth-order valence-corrected chi connectivity index (χ4v) is 1.56. The van der Waals surface area contributed by atoms with Gasteiger partial charge < -0.3 is 26.5 Å². The number of methoxy groups -OCH3 is 1. The van der Waals surface area contributed by atoms with Gasteiger partial charge in [-0.05, 0) is 17.7 Å². The van der Waals surface area contributed by atoms with Gasteiger partial charge in [-0.1, -0.05) is 12.1 Å². The number of benzene rings is 1. The minimum absolute atomic E-state index is 0.115. The Morgan fingerprint density at radius 2 is 2.10 bits per heavy atom. The maximum Gasteiger partial charge on any atom is 0.238 e. The summed E-state index contributed by atoms with van der Waals surface area (Å²) in [5.41, 5.74) is 7.58. The highest BCUT2D eigenvalue weighted by Gasteiger charge is 2.02. The summed E-state index contributed by atoms with van der Waals surface area (Å²) < 4.78 is 4.87. The molecule has 1 aromatic carbocycles. The Kier molecular flexibility index (Phi) is 7.02. The summed E-state index contributed by atoms with van der Waals surface area (Å²) in [7, 11) is 1.61. The van der Waals surface area contributed by atoms with E-state index in [9.17, 15) is 4.79 Å². The first kappa shape index (κ1) is 15.9. The Morgan fingerprint density at radius 1 is 1.40 bits per heavy atom. The van der Waals surface area contributed by atoms with Crippen LogP contribution >= 0.6 is 0 Å². The Morgan fingerprint density at radius 3 is 2.65 bits per heavy atom. The van der Waals surface area contributed by atoms with Crippen molar-refractivity contribution in [1.82, 2.24) is 5.32 Å². The van der Waals surface area contributed by atoms with Crippen LogP contribution in [-0.4, -0.2) is 38.9 Å². The molecule has 0 heterocycles. The molecule has 1 rings (SSSR count). The lowest BCUT2D eigenvalue weighted by Crippen LogP contribution is -2.30. The first-order chi connectivity index (χ1) is 9.71. The number of allylic oxidation sites excluding steroid dienone is 1. The van der Waals surface area contributed by atoms with Gasteiger partial charge in [0.1, 0.15) is 0 Å². The molecule has 0 radical (unpaired) electrons. The lowest BCUT2D eigenvalue weighted by Gasteiger charge is -2.07. The molecule has 0 unspecified atom stereocenters. The zero-order valence-electron chi connectivity index (χ0n) is 11.5. The normalized spacial score (nSPS) is 11.2. The average molecular weight is 276 g/mol. The number of carbonyl (C=O) groups is 1. The largest absolute Gasteiger partial charge is 0.404 e. The molecule has 1 amide bonds. The molecule has 5 N–H and O–H groups in total. The monoisotopic (exact) mass is 276 g/mol. The Bertz CT molecular complexity index is 469. The SMILES string of the molecule is COCCNCC(=O)Nc1ccc(/C(C=N)=C/N)cc1. The van der Waals surface area contributed by atoms with Crippen molar-refractivity contribution < 1.29 is 9.53 Å². The molecule has 6 nitrogen and oxygen atoms in total. The van der Waals surface area contributed by atoms with Gasteiger partial charge in [-0.2, -0.15) is 0 Å². The number of hydrogen-bond donors (Lipinski definition) is 4. The number of nitrogens with two attached hydrogens (primary N) is 1. The van der Waals surface area contributed by atoms with Crippen molar-refractivity contribution >= 4 is 23.4 Å². The van der Waals surface area contributed by atoms with E-state index in [2.05, 4.69) is 10.6 Å². The number of amides is 1. The van der Waals surface area contributed by atoms with Gasteiger partial charge in [-0.3, -0.25) is 4.79 Å². The first-order valence-electron chi connectivity index (χ1n) is 6.23. The molecule has 0 saturated heterocycles. The Labute approximate surface area is 118 Å². The fraction of sp³-hybridized carbons (Fsp3) is 0.286. The highest BCUT2D eigenvalue weighted by atomic mass is 16.5. The van der Waals surface area contributed by atoms with Crippen LogP contribution in [0.2, 0.25) is 0 Å². The summed E-state index contributed by atoms with van der Waals surface area (Å²) >= 11 is 0. The van der Waals surface area contributed by atoms with Crippen molar-refractivity contribution in [3.8, 4) is 0 Å². The average Bonchev–Trinajstić information content (AvgIpc) is 2.47. The first-order valence-corrected chi connectivity index (χ1v) is 6.23. The molecule has 0 aromatic heterocycles. The molecule has 0 aliphatic rings. The van der Waals surface area contributed by atoms with E-state index in [1.165, 1.54) is 12.4 Å². The number of anilines is 1. The number of hydrogen-bond acceptors (Lipinski definition) is 5. The molecule has 0 fully saturated rings. The molecule has 1 aromatic rings. The minimum Gasteiger partial charge on any atom is -0.404 e. The lowest BCUT2D eigenvalue weighted by atomic mass is 10.1. The second kappa shape index (κ2) is 8.84. The zero-order chi connectivity index (χ0) is 14.8. The zero-order valence-corrected chi connectivity index (χ0v) is 11.5. The van der Waals surface area contributed by atoms with Crippen LogP contribution in [-0.2, 0) is 9.53 Å². The van der Waals surface area contributed by atoms with Crippen LogP contribution in [0.25, 0.3) is 5.57 Å². The number of rotatable bonds is 8. The third-order valence-electron chi connectivity index (χ3n) is 2.61. The van der Waals surface area contributed by atoms with Crippen molar-refractivity contribution in [2.45, 2.75) is 0 Å². The van der Waals surface area contributed by atoms with Crippen molar-refractivity contribution in [1.29, 1.82) is 5.41 Å². The molecule has 0 bridgehead atoms. The van der Waals surface area contributed by atoms with E-state index >= 15 is 0 Å². The minimum atomic E-state index is -0.115. The molecule has 0 aliphatic heterocycles. The molecule has 6 heteroatoms. The lowest BCUT2D eigenvalue weighted by molar-refractivity contribution is -0.115. The van der Waals surface area contributed by atoms with E-state index in [0.29, 0.717) is 24.4 Å². The Hall–Kier alpha value is -2.18. The van der Waals surface area contributed by atoms with Crippen molar-refractivity contribution in [2.24, 2.45) is 5.73 Å². The molecule has 108 valence electrons. The van der Waals surface area contributed by atoms with Crippen molar-refractivity contribution in [3.63, 3.8) is 0 Å². The predicted octanol–water partition coefficient (Wildman–Crippen LogP) is 0.810. The van der Waals surface area contributed by atoms with Crippen LogP contribution in [0, 0.1) is 5.41 Å². The summed E-state index contributed by atoms with van der Waals surface area (Å²) in [5, 5.41) is 12.9. The van der Waals surface area contributed by atoms with Gasteiger partial charge in [0.15, 0.2) is 0 Å². The quantitative estimate of drug-likeness (QED) is 0.417. The topological polar surface area (TPSA) is 100 Å². The Balaban J connectivity index is 2.49. The van der Waals surface area contributed by atoms with Gasteiger partial charge in [0.05, 0.1) is 13.2 Å². The molecular weight excluding hydrogens is 256 g/mol. The predicted molar refractivity (Wildman–Crippen MR) is 80.8 cm³/mol. The van der Waals surface area contributed by atoms with Crippen molar-refractivity contribution in [3.05, 3.63) is 36.0 Å². The van der Waals surface area contributed by atoms with E-state index in [1.807, 2.05) is 0 Å². The van der Waals surface area contributed by atoms with Gasteiger partial charge in [-0.25, -0.2) is 0 Å². The van der Waals surface area contributed by atoms with Gasteiger partial charge in [0.25, 0.3) is 0 Å². The molecule has 0 spiro atoms. The molecule has 0 saturated carbocycles. The number of carbonyl (C=O) groups excluding carboxylic acids is 1. The maximum absolute atomic E-state index is 11.6. The fourth-order valence-electron chi connectivity index (χ4n) is 1.56. The van der Waals surface area contributed by atoms with E-state index in [-0.39, 0.29) is 12.5 Å². The smallest absolute Gasteiger partial charge is 0.238 e. The van der Waals surface area contributed by atoms with Gasteiger partial charge >= 0.3 is 0 Å². The van der Waals surface area contributed by atoms with Gasteiger partial charge in [0.2, 0.25) is 5.91 Å². The van der Waals surface area contributed by atoms with Crippen LogP contribution in [0.3, 0.4) is 0 Å². The van der Waals surface area contributed by atoms with E-state index in [0.717, 1.165) is 5.56 Å². The molecule has 0 atom stereocenters. The van der Waals surface area contributed by atoms with Crippen LogP contribution in [0.1, 0.15) is 5.56 Å². The van der Waals surface area contributed by atoms with Crippen LogP contribution in [0.15, 0.2) is 30.5 Å². The van der Waals surface area contributed by atoms with Crippen LogP contribution < -0.4 is 16.4 Å². The molecular formula is C14H20N4O2. The third-order valence-corrected chi connectivity index (χ3v) is 2.61. The summed E-state index contributed by atoms with van der Waals surface area (Å²) in [6.45, 7) is 1.44. The highest BCUT2D eigenvalue weighted by Crippen LogP contribution is 2.15. The molecule has 0 aliphatic carbocycles. The van der Waals surface area contributed by atoms with E-state index < -0.39 is 0 Å². The van der Waals surface area contributed by atoms with Gasteiger partial charge in [-0.15, -0.1) is 0 Å². The number of nitrogens with one attached hydrogen (secondary N) is 3. The summed E-state index contributed by atoms with van der Waals surface area (Å²) in [6, 6.07) is 7.15. The van der Waals surface area contributed by atoms with Crippen LogP contribution in [0.5, 0.6) is 0 Å². The second-order valence-electron chi connectivity index (χ2n) is 4.06. The highest BCUT2D eigenvalue weighted by molar-refractivity contribution is 6.08. The third kappa shape index (κ3) is 5.21. The summed E-state index contributed by atoms with van der Waals surface area (Å²) in [4.78, 5) is 11.6. The maximum atomic E-state index is 11.6. The number of ether oxygens (including phenoxy) is 1. The standard InChI is InChI=1S/C14H20N4O2/c1-20-7-6-17-10-14(19)18-13-4-2-11(3-5-13)12(8-15)9-16/h2-5,8-9,15,17H,6-7,10,16H2,1H3,(H,18,19)/b12-9+,15-8?. The summed E-state index contributed by atoms with van der Waals surface area (Å²) in [5.74, 6) is -0.115. The van der Waals surface area contributed by atoms with E-state index in [4.69, 9.17) is 15.9 Å². The summed E-state index contributed by atoms with van der Waals surface area (Å²) in [6.07, 6.45) is 2.56. The van der Waals surface area contributed by atoms with Crippen molar-refractivity contribution in [2.75, 3.05) is 32.1 Å². The van der Waals surface area contributed by atoms with Crippen LogP contribution in [0.4, 0.5) is 5.69 Å². The van der Waals surface area contributed by atoms with E-state index in [1.54, 1.807) is 31.4 Å². The second-order valence-corrected chi connectivity index (χ2v) is 4.06.